The summed E-state index contributed by atoms with van der Waals surface area (Å²) in [4.78, 5) is 36.4. The number of hydrogen-bond donors (Lipinski definition) is 2. The van der Waals surface area contributed by atoms with Crippen LogP contribution in [-0.4, -0.2) is 52.7 Å². The van der Waals surface area contributed by atoms with E-state index in [1.165, 1.54) is 7.11 Å². The maximum atomic E-state index is 12.7. The van der Waals surface area contributed by atoms with Gasteiger partial charge in [0, 0.05) is 12.1 Å². The smallest absolute Gasteiger partial charge is 0.326 e. The van der Waals surface area contributed by atoms with Crippen LogP contribution < -0.4 is 4.74 Å². The summed E-state index contributed by atoms with van der Waals surface area (Å²) in [6.45, 7) is 1.72. The second-order valence-corrected chi connectivity index (χ2v) is 5.61. The van der Waals surface area contributed by atoms with Gasteiger partial charge in [0.25, 0.3) is 5.91 Å². The molecule has 2 rings (SSSR count). The van der Waals surface area contributed by atoms with E-state index >= 15 is 0 Å². The number of rotatable bonds is 4. The molecule has 2 atom stereocenters. The standard InChI is InChI=1S/C16H19NO6/c1-9-3-4-10(7-13(9)23-2)14(18)17-8-11(15(19)20)5-6-12(17)16(21)22/h3-4,7,11-12H,5-6,8H2,1-2H3,(H,19,20)(H,21,22)/t11-,12+/m1/s1. The van der Waals surface area contributed by atoms with E-state index in [0.717, 1.165) is 10.5 Å². The molecule has 0 radical (unpaired) electrons. The maximum absolute atomic E-state index is 12.7. The summed E-state index contributed by atoms with van der Waals surface area (Å²) >= 11 is 0. The third-order valence-corrected chi connectivity index (χ3v) is 4.13. The number of aryl methyl sites for hydroxylation is 1. The van der Waals surface area contributed by atoms with E-state index < -0.39 is 29.8 Å². The van der Waals surface area contributed by atoms with Crippen LogP contribution in [0.15, 0.2) is 18.2 Å². The molecule has 0 bridgehead atoms. The molecule has 7 nitrogen and oxygen atoms in total. The number of nitrogens with zero attached hydrogens (tertiary/aromatic N) is 1. The average Bonchev–Trinajstić information content (AvgIpc) is 2.53. The number of aliphatic carboxylic acids is 2. The minimum atomic E-state index is -1.12. The highest BCUT2D eigenvalue weighted by Gasteiger charge is 2.38. The summed E-state index contributed by atoms with van der Waals surface area (Å²) in [5.41, 5.74) is 1.13. The predicted octanol–water partition coefficient (Wildman–Crippen LogP) is 1.39. The number of piperidine rings is 1. The predicted molar refractivity (Wildman–Crippen MR) is 80.6 cm³/mol. The summed E-state index contributed by atoms with van der Waals surface area (Å²) in [6.07, 6.45) is 0.369. The van der Waals surface area contributed by atoms with Crippen molar-refractivity contribution in [2.75, 3.05) is 13.7 Å². The Morgan fingerprint density at radius 1 is 1.17 bits per heavy atom. The van der Waals surface area contributed by atoms with Gasteiger partial charge in [0.05, 0.1) is 13.0 Å². The van der Waals surface area contributed by atoms with Crippen LogP contribution >= 0.6 is 0 Å². The Morgan fingerprint density at radius 2 is 1.87 bits per heavy atom. The van der Waals surface area contributed by atoms with Crippen molar-refractivity contribution >= 4 is 17.8 Å². The molecule has 0 aliphatic carbocycles. The first-order valence-corrected chi connectivity index (χ1v) is 7.26. The Labute approximate surface area is 133 Å². The monoisotopic (exact) mass is 321 g/mol. The van der Waals surface area contributed by atoms with Crippen LogP contribution in [0.5, 0.6) is 5.75 Å². The Bertz CT molecular complexity index is 641. The molecule has 2 N–H and O–H groups in total. The van der Waals surface area contributed by atoms with Crippen molar-refractivity contribution in [3.05, 3.63) is 29.3 Å². The Morgan fingerprint density at radius 3 is 2.43 bits per heavy atom. The molecule has 23 heavy (non-hydrogen) atoms. The Kier molecular flexibility index (Phi) is 4.88. The molecule has 1 aliphatic heterocycles. The number of hydrogen-bond acceptors (Lipinski definition) is 4. The molecular weight excluding hydrogens is 302 g/mol. The molecule has 1 heterocycles. The first kappa shape index (κ1) is 16.8. The number of carbonyl (C=O) groups excluding carboxylic acids is 1. The number of likely N-dealkylation sites (tertiary alicyclic amines) is 1. The summed E-state index contributed by atoms with van der Waals surface area (Å²) in [7, 11) is 1.48. The zero-order chi connectivity index (χ0) is 17.1. The van der Waals surface area contributed by atoms with E-state index in [1.807, 2.05) is 6.92 Å². The first-order chi connectivity index (χ1) is 10.8. The number of ether oxygens (including phenoxy) is 1. The Balaban J connectivity index is 2.32. The Hall–Kier alpha value is -2.57. The lowest BCUT2D eigenvalue weighted by Gasteiger charge is -2.36. The van der Waals surface area contributed by atoms with E-state index in [2.05, 4.69) is 0 Å². The molecule has 1 fully saturated rings. The molecule has 0 spiro atoms. The summed E-state index contributed by atoms with van der Waals surface area (Å²) in [5, 5.41) is 18.5. The van der Waals surface area contributed by atoms with Gasteiger partial charge in [-0.3, -0.25) is 9.59 Å². The lowest BCUT2D eigenvalue weighted by Crippen LogP contribution is -2.52. The van der Waals surface area contributed by atoms with Crippen molar-refractivity contribution < 1.29 is 29.3 Å². The fourth-order valence-electron chi connectivity index (χ4n) is 2.77. The van der Waals surface area contributed by atoms with Gasteiger partial charge in [-0.05, 0) is 37.5 Å². The molecule has 1 amide bonds. The van der Waals surface area contributed by atoms with Gasteiger partial charge in [-0.15, -0.1) is 0 Å². The highest BCUT2D eigenvalue weighted by molar-refractivity contribution is 5.97. The zero-order valence-corrected chi connectivity index (χ0v) is 13.0. The molecule has 124 valence electrons. The second-order valence-electron chi connectivity index (χ2n) is 5.61. The quantitative estimate of drug-likeness (QED) is 0.868. The zero-order valence-electron chi connectivity index (χ0n) is 13.0. The highest BCUT2D eigenvalue weighted by Crippen LogP contribution is 2.26. The van der Waals surface area contributed by atoms with Gasteiger partial charge >= 0.3 is 11.9 Å². The molecule has 1 saturated heterocycles. The third-order valence-electron chi connectivity index (χ3n) is 4.13. The third kappa shape index (κ3) is 3.44. The van der Waals surface area contributed by atoms with E-state index in [9.17, 15) is 19.5 Å². The minimum absolute atomic E-state index is 0.110. The first-order valence-electron chi connectivity index (χ1n) is 7.26. The summed E-state index contributed by atoms with van der Waals surface area (Å²) in [6, 6.07) is 3.83. The van der Waals surface area contributed by atoms with Crippen LogP contribution in [-0.2, 0) is 9.59 Å². The molecule has 1 aliphatic rings. The lowest BCUT2D eigenvalue weighted by atomic mass is 9.92. The van der Waals surface area contributed by atoms with Crippen molar-refractivity contribution in [1.29, 1.82) is 0 Å². The minimum Gasteiger partial charge on any atom is -0.496 e. The number of carbonyl (C=O) groups is 3. The van der Waals surface area contributed by atoms with Gasteiger partial charge in [0.1, 0.15) is 11.8 Å². The number of amides is 1. The van der Waals surface area contributed by atoms with E-state index in [4.69, 9.17) is 9.84 Å². The SMILES string of the molecule is COc1cc(C(=O)N2C[C@H](C(=O)O)CC[C@H]2C(=O)O)ccc1C. The van der Waals surface area contributed by atoms with Crippen LogP contribution in [0.3, 0.4) is 0 Å². The van der Waals surface area contributed by atoms with Crippen LogP contribution in [0.25, 0.3) is 0 Å². The van der Waals surface area contributed by atoms with Gasteiger partial charge in [0.2, 0.25) is 0 Å². The average molecular weight is 321 g/mol. The molecular formula is C16H19NO6. The van der Waals surface area contributed by atoms with E-state index in [1.54, 1.807) is 18.2 Å². The maximum Gasteiger partial charge on any atom is 0.326 e. The number of carboxylic acid groups (broad SMARTS) is 2. The van der Waals surface area contributed by atoms with E-state index in [-0.39, 0.29) is 24.9 Å². The fourth-order valence-corrected chi connectivity index (χ4v) is 2.77. The fraction of sp³-hybridized carbons (Fsp3) is 0.438. The molecule has 0 aromatic heterocycles. The van der Waals surface area contributed by atoms with Crippen LogP contribution in [0.4, 0.5) is 0 Å². The number of benzene rings is 1. The molecule has 7 heteroatoms. The normalized spacial score (nSPS) is 20.9. The van der Waals surface area contributed by atoms with Gasteiger partial charge in [-0.25, -0.2) is 4.79 Å². The molecule has 0 unspecified atom stereocenters. The van der Waals surface area contributed by atoms with Crippen LogP contribution in [0.2, 0.25) is 0 Å². The molecule has 1 aromatic carbocycles. The van der Waals surface area contributed by atoms with Gasteiger partial charge < -0.3 is 19.8 Å². The van der Waals surface area contributed by atoms with Crippen molar-refractivity contribution in [1.82, 2.24) is 4.90 Å². The van der Waals surface area contributed by atoms with Crippen molar-refractivity contribution in [2.45, 2.75) is 25.8 Å². The molecule has 0 saturated carbocycles. The summed E-state index contributed by atoms with van der Waals surface area (Å²) < 4.78 is 5.18. The van der Waals surface area contributed by atoms with Gasteiger partial charge in [-0.2, -0.15) is 0 Å². The number of methoxy groups -OCH3 is 1. The van der Waals surface area contributed by atoms with Crippen molar-refractivity contribution in [3.63, 3.8) is 0 Å². The number of carboxylic acids is 2. The van der Waals surface area contributed by atoms with Crippen LogP contribution in [0, 0.1) is 12.8 Å². The summed E-state index contributed by atoms with van der Waals surface area (Å²) in [5.74, 6) is -2.87. The van der Waals surface area contributed by atoms with Crippen LogP contribution in [0.1, 0.15) is 28.8 Å². The lowest BCUT2D eigenvalue weighted by molar-refractivity contribution is -0.150. The van der Waals surface area contributed by atoms with E-state index in [0.29, 0.717) is 5.75 Å². The van der Waals surface area contributed by atoms with Crippen molar-refractivity contribution in [3.8, 4) is 5.75 Å². The topological polar surface area (TPSA) is 104 Å². The van der Waals surface area contributed by atoms with Crippen molar-refractivity contribution in [2.24, 2.45) is 5.92 Å². The highest BCUT2D eigenvalue weighted by atomic mass is 16.5. The van der Waals surface area contributed by atoms with Gasteiger partial charge in [0.15, 0.2) is 0 Å². The second kappa shape index (κ2) is 6.68. The largest absolute Gasteiger partial charge is 0.496 e. The molecule has 1 aromatic rings. The van der Waals surface area contributed by atoms with Gasteiger partial charge in [-0.1, -0.05) is 6.07 Å².